The highest BCUT2D eigenvalue weighted by atomic mass is 19.1. The summed E-state index contributed by atoms with van der Waals surface area (Å²) in [5.41, 5.74) is 0.277. The van der Waals surface area contributed by atoms with E-state index in [9.17, 15) is 9.18 Å². The van der Waals surface area contributed by atoms with Gasteiger partial charge in [0.1, 0.15) is 5.82 Å². The fourth-order valence-electron chi connectivity index (χ4n) is 2.37. The Morgan fingerprint density at radius 1 is 1.60 bits per heavy atom. The highest BCUT2D eigenvalue weighted by Gasteiger charge is 2.22. The van der Waals surface area contributed by atoms with Gasteiger partial charge in [0, 0.05) is 32.4 Å². The number of pyridine rings is 1. The molecule has 0 aromatic carbocycles. The molecule has 1 unspecified atom stereocenters. The minimum atomic E-state index is -0.499. The second-order valence-electron chi connectivity index (χ2n) is 4.93. The topological polar surface area (TPSA) is 54.5 Å². The molecule has 0 radical (unpaired) electrons. The van der Waals surface area contributed by atoms with Gasteiger partial charge in [0.25, 0.3) is 5.91 Å². The van der Waals surface area contributed by atoms with Gasteiger partial charge in [0.2, 0.25) is 0 Å². The van der Waals surface area contributed by atoms with Gasteiger partial charge < -0.3 is 15.0 Å². The summed E-state index contributed by atoms with van der Waals surface area (Å²) >= 11 is 0. The Bertz CT molecular complexity index is 450. The Morgan fingerprint density at radius 3 is 3.10 bits per heavy atom. The molecule has 1 fully saturated rings. The van der Waals surface area contributed by atoms with Gasteiger partial charge in [-0.1, -0.05) is 0 Å². The number of carbonyl (C=O) groups excluding carboxylic acids is 1. The lowest BCUT2D eigenvalue weighted by atomic mass is 10.2. The van der Waals surface area contributed by atoms with E-state index < -0.39 is 5.82 Å². The van der Waals surface area contributed by atoms with Crippen molar-refractivity contribution in [2.24, 2.45) is 0 Å². The van der Waals surface area contributed by atoms with Gasteiger partial charge in [-0.3, -0.25) is 9.78 Å². The van der Waals surface area contributed by atoms with Crippen LogP contribution < -0.4 is 5.32 Å². The molecule has 1 aliphatic rings. The van der Waals surface area contributed by atoms with Crippen LogP contribution in [0.2, 0.25) is 0 Å². The van der Waals surface area contributed by atoms with Gasteiger partial charge in [0.05, 0.1) is 18.4 Å². The van der Waals surface area contributed by atoms with Crippen LogP contribution in [-0.2, 0) is 4.74 Å². The molecule has 0 saturated carbocycles. The minimum Gasteiger partial charge on any atom is -0.383 e. The number of nitrogens with one attached hydrogen (secondary N) is 1. The molecule has 2 heterocycles. The first-order valence-electron chi connectivity index (χ1n) is 6.83. The average molecular weight is 281 g/mol. The van der Waals surface area contributed by atoms with E-state index in [1.807, 2.05) is 0 Å². The molecule has 20 heavy (non-hydrogen) atoms. The molecule has 1 amide bonds. The van der Waals surface area contributed by atoms with Crippen molar-refractivity contribution in [2.75, 3.05) is 33.4 Å². The first-order chi connectivity index (χ1) is 9.70. The van der Waals surface area contributed by atoms with Crippen LogP contribution in [0, 0.1) is 5.82 Å². The van der Waals surface area contributed by atoms with Crippen molar-refractivity contribution in [1.29, 1.82) is 0 Å². The minimum absolute atomic E-state index is 0.206. The maximum absolute atomic E-state index is 13.2. The van der Waals surface area contributed by atoms with Crippen molar-refractivity contribution in [2.45, 2.75) is 18.9 Å². The summed E-state index contributed by atoms with van der Waals surface area (Å²) in [6, 6.07) is 1.52. The number of hydrogen-bond acceptors (Lipinski definition) is 4. The lowest BCUT2D eigenvalue weighted by Crippen LogP contribution is -2.42. The molecule has 6 heteroatoms. The van der Waals surface area contributed by atoms with Crippen LogP contribution in [-0.4, -0.2) is 55.2 Å². The van der Waals surface area contributed by atoms with Crippen LogP contribution in [0.4, 0.5) is 4.39 Å². The molecular weight excluding hydrogens is 261 g/mol. The molecule has 2 rings (SSSR count). The number of hydrogen-bond donors (Lipinski definition) is 1. The van der Waals surface area contributed by atoms with E-state index in [0.717, 1.165) is 25.6 Å². The lowest BCUT2D eigenvalue weighted by molar-refractivity contribution is 0.0678. The van der Waals surface area contributed by atoms with Crippen LogP contribution in [0.3, 0.4) is 0 Å². The predicted molar refractivity (Wildman–Crippen MR) is 73.0 cm³/mol. The van der Waals surface area contributed by atoms with E-state index >= 15 is 0 Å². The third-order valence-electron chi connectivity index (χ3n) is 3.41. The summed E-state index contributed by atoms with van der Waals surface area (Å²) in [6.07, 6.45) is 4.67. The molecule has 1 N–H and O–H groups in total. The van der Waals surface area contributed by atoms with Crippen LogP contribution >= 0.6 is 0 Å². The maximum atomic E-state index is 13.2. The fourth-order valence-corrected chi connectivity index (χ4v) is 2.37. The molecule has 110 valence electrons. The molecule has 0 bridgehead atoms. The van der Waals surface area contributed by atoms with Crippen molar-refractivity contribution < 1.29 is 13.9 Å². The van der Waals surface area contributed by atoms with Crippen LogP contribution in [0.15, 0.2) is 18.5 Å². The Morgan fingerprint density at radius 2 is 2.45 bits per heavy atom. The Labute approximate surface area is 118 Å². The third-order valence-corrected chi connectivity index (χ3v) is 3.41. The Kier molecular flexibility index (Phi) is 5.43. The zero-order chi connectivity index (χ0) is 14.4. The highest BCUT2D eigenvalue weighted by Crippen LogP contribution is 2.11. The first-order valence-corrected chi connectivity index (χ1v) is 6.83. The summed E-state index contributed by atoms with van der Waals surface area (Å²) in [4.78, 5) is 17.9. The van der Waals surface area contributed by atoms with Crippen molar-refractivity contribution >= 4 is 5.91 Å². The maximum Gasteiger partial charge on any atom is 0.255 e. The van der Waals surface area contributed by atoms with Crippen LogP contribution in [0.1, 0.15) is 23.2 Å². The number of halogens is 1. The van der Waals surface area contributed by atoms with E-state index in [1.165, 1.54) is 12.3 Å². The fraction of sp³-hybridized carbons (Fsp3) is 0.571. The van der Waals surface area contributed by atoms with Crippen LogP contribution in [0.5, 0.6) is 0 Å². The van der Waals surface area contributed by atoms with E-state index in [2.05, 4.69) is 10.3 Å². The SMILES string of the molecule is COCCN(CC1CCCN1)C(=O)c1cncc(F)c1. The van der Waals surface area contributed by atoms with Gasteiger partial charge >= 0.3 is 0 Å². The Hall–Kier alpha value is -1.53. The van der Waals surface area contributed by atoms with E-state index in [4.69, 9.17) is 4.74 Å². The summed E-state index contributed by atoms with van der Waals surface area (Å²) in [5.74, 6) is -0.704. The van der Waals surface area contributed by atoms with Gasteiger partial charge in [-0.15, -0.1) is 0 Å². The quantitative estimate of drug-likeness (QED) is 0.847. The monoisotopic (exact) mass is 281 g/mol. The zero-order valence-electron chi connectivity index (χ0n) is 11.6. The van der Waals surface area contributed by atoms with Gasteiger partial charge in [-0.2, -0.15) is 0 Å². The smallest absolute Gasteiger partial charge is 0.255 e. The van der Waals surface area contributed by atoms with Crippen molar-refractivity contribution in [3.8, 4) is 0 Å². The highest BCUT2D eigenvalue weighted by molar-refractivity contribution is 5.93. The lowest BCUT2D eigenvalue weighted by Gasteiger charge is -2.25. The largest absolute Gasteiger partial charge is 0.383 e. The second-order valence-corrected chi connectivity index (χ2v) is 4.93. The van der Waals surface area contributed by atoms with Crippen molar-refractivity contribution in [3.63, 3.8) is 0 Å². The number of rotatable bonds is 6. The number of amides is 1. The summed E-state index contributed by atoms with van der Waals surface area (Å²) < 4.78 is 18.2. The number of carbonyl (C=O) groups is 1. The molecular formula is C14H20FN3O2. The van der Waals surface area contributed by atoms with E-state index in [0.29, 0.717) is 25.7 Å². The standard InChI is InChI=1S/C14H20FN3O2/c1-20-6-5-18(10-13-3-2-4-17-13)14(19)11-7-12(15)9-16-8-11/h7-9,13,17H,2-6,10H2,1H3. The van der Waals surface area contributed by atoms with Gasteiger partial charge in [0.15, 0.2) is 0 Å². The molecule has 0 aliphatic carbocycles. The summed E-state index contributed by atoms with van der Waals surface area (Å²) in [7, 11) is 1.60. The Balaban J connectivity index is 2.05. The van der Waals surface area contributed by atoms with Crippen molar-refractivity contribution in [3.05, 3.63) is 29.8 Å². The molecule has 1 saturated heterocycles. The summed E-state index contributed by atoms with van der Waals surface area (Å²) in [5, 5.41) is 3.36. The zero-order valence-corrected chi connectivity index (χ0v) is 11.6. The van der Waals surface area contributed by atoms with Crippen LogP contribution in [0.25, 0.3) is 0 Å². The number of aromatic nitrogens is 1. The number of ether oxygens (including phenoxy) is 1. The third kappa shape index (κ3) is 3.98. The molecule has 1 aromatic rings. The number of methoxy groups -OCH3 is 1. The van der Waals surface area contributed by atoms with E-state index in [1.54, 1.807) is 12.0 Å². The molecule has 5 nitrogen and oxygen atoms in total. The van der Waals surface area contributed by atoms with Crippen molar-refractivity contribution in [1.82, 2.24) is 15.2 Å². The first kappa shape index (κ1) is 14.9. The van der Waals surface area contributed by atoms with Gasteiger partial charge in [-0.25, -0.2) is 4.39 Å². The molecule has 1 atom stereocenters. The van der Waals surface area contributed by atoms with Gasteiger partial charge in [-0.05, 0) is 25.5 Å². The molecule has 1 aromatic heterocycles. The molecule has 1 aliphatic heterocycles. The molecule has 0 spiro atoms. The summed E-state index contributed by atoms with van der Waals surface area (Å²) in [6.45, 7) is 2.54. The normalized spacial score (nSPS) is 18.2. The predicted octanol–water partition coefficient (Wildman–Crippen LogP) is 1.06. The second kappa shape index (κ2) is 7.31. The average Bonchev–Trinajstić information content (AvgIpc) is 2.95. The number of nitrogens with zero attached hydrogens (tertiary/aromatic N) is 2. The van der Waals surface area contributed by atoms with E-state index in [-0.39, 0.29) is 11.5 Å².